The van der Waals surface area contributed by atoms with Gasteiger partial charge in [-0.25, -0.2) is 0 Å². The molecule has 1 N–H and O–H groups in total. The summed E-state index contributed by atoms with van der Waals surface area (Å²) in [6.45, 7) is 2.66. The van der Waals surface area contributed by atoms with Crippen LogP contribution in [0.1, 0.15) is 12.5 Å². The van der Waals surface area contributed by atoms with E-state index in [1.54, 1.807) is 18.4 Å². The van der Waals surface area contributed by atoms with Gasteiger partial charge in [-0.3, -0.25) is 14.2 Å². The van der Waals surface area contributed by atoms with E-state index in [0.29, 0.717) is 29.8 Å². The van der Waals surface area contributed by atoms with Crippen molar-refractivity contribution in [2.75, 3.05) is 12.4 Å². The number of amides is 1. The second-order valence-corrected chi connectivity index (χ2v) is 6.68. The van der Waals surface area contributed by atoms with E-state index >= 15 is 0 Å². The molecule has 9 heteroatoms. The molecule has 8 nitrogen and oxygen atoms in total. The maximum atomic E-state index is 11.9. The Morgan fingerprint density at radius 2 is 2.00 bits per heavy atom. The molecule has 2 heterocycles. The highest BCUT2D eigenvalue weighted by molar-refractivity contribution is 7.99. The Morgan fingerprint density at radius 1 is 1.18 bits per heavy atom. The second-order valence-electron chi connectivity index (χ2n) is 5.74. The molecule has 0 spiro atoms. The number of thioether (sulfide) groups is 1. The largest absolute Gasteiger partial charge is 0.461 e. The van der Waals surface area contributed by atoms with Crippen molar-refractivity contribution in [3.8, 4) is 11.6 Å². The minimum atomic E-state index is -0.495. The van der Waals surface area contributed by atoms with E-state index in [-0.39, 0.29) is 18.3 Å². The molecule has 0 radical (unpaired) electrons. The van der Waals surface area contributed by atoms with E-state index in [0.717, 1.165) is 5.56 Å². The van der Waals surface area contributed by atoms with Crippen LogP contribution in [0.3, 0.4) is 0 Å². The SMILES string of the molecule is CCn1c(SCC(=O)OCC(=O)NCc2ccccc2)nnc1-c1ccco1. The molecule has 0 fully saturated rings. The van der Waals surface area contributed by atoms with Crippen LogP contribution in [0.15, 0.2) is 58.3 Å². The van der Waals surface area contributed by atoms with E-state index in [9.17, 15) is 9.59 Å². The van der Waals surface area contributed by atoms with E-state index in [2.05, 4.69) is 15.5 Å². The molecule has 0 bridgehead atoms. The molecule has 0 unspecified atom stereocenters. The lowest BCUT2D eigenvalue weighted by atomic mass is 10.2. The molecule has 3 aromatic rings. The topological polar surface area (TPSA) is 99.2 Å². The van der Waals surface area contributed by atoms with Gasteiger partial charge in [-0.05, 0) is 24.6 Å². The molecule has 146 valence electrons. The summed E-state index contributed by atoms with van der Waals surface area (Å²) < 4.78 is 12.2. The van der Waals surface area contributed by atoms with Crippen LogP contribution in [0.5, 0.6) is 0 Å². The molecule has 0 saturated carbocycles. The second kappa shape index (κ2) is 9.75. The minimum Gasteiger partial charge on any atom is -0.461 e. The van der Waals surface area contributed by atoms with Gasteiger partial charge in [0.2, 0.25) is 0 Å². The Morgan fingerprint density at radius 3 is 2.71 bits per heavy atom. The number of furan rings is 1. The zero-order chi connectivity index (χ0) is 19.8. The summed E-state index contributed by atoms with van der Waals surface area (Å²) in [5, 5.41) is 11.5. The first-order valence-electron chi connectivity index (χ1n) is 8.73. The van der Waals surface area contributed by atoms with Gasteiger partial charge in [0.15, 0.2) is 23.3 Å². The molecular formula is C19H20N4O4S. The number of carbonyl (C=O) groups excluding carboxylic acids is 2. The summed E-state index contributed by atoms with van der Waals surface area (Å²) in [4.78, 5) is 23.7. The number of esters is 1. The fourth-order valence-corrected chi connectivity index (χ4v) is 3.23. The lowest BCUT2D eigenvalue weighted by Gasteiger charge is -2.07. The van der Waals surface area contributed by atoms with Crippen molar-refractivity contribution in [2.24, 2.45) is 0 Å². The van der Waals surface area contributed by atoms with Crippen LogP contribution in [0.25, 0.3) is 11.6 Å². The molecule has 2 aromatic heterocycles. The Balaban J connectivity index is 1.44. The summed E-state index contributed by atoms with van der Waals surface area (Å²) >= 11 is 1.20. The fourth-order valence-electron chi connectivity index (χ4n) is 2.43. The molecule has 28 heavy (non-hydrogen) atoms. The number of ether oxygens (including phenoxy) is 1. The zero-order valence-corrected chi connectivity index (χ0v) is 16.1. The number of nitrogens with one attached hydrogen (secondary N) is 1. The van der Waals surface area contributed by atoms with Crippen molar-refractivity contribution in [1.29, 1.82) is 0 Å². The molecule has 0 atom stereocenters. The Labute approximate surface area is 166 Å². The van der Waals surface area contributed by atoms with Crippen LogP contribution >= 0.6 is 11.8 Å². The number of nitrogens with zero attached hydrogens (tertiary/aromatic N) is 3. The van der Waals surface area contributed by atoms with Crippen LogP contribution < -0.4 is 5.32 Å². The maximum Gasteiger partial charge on any atom is 0.316 e. The first kappa shape index (κ1) is 19.7. The summed E-state index contributed by atoms with van der Waals surface area (Å²) in [5.74, 6) is 0.397. The Bertz CT molecular complexity index is 909. The molecule has 3 rings (SSSR count). The van der Waals surface area contributed by atoms with E-state index in [1.165, 1.54) is 11.8 Å². The predicted octanol–water partition coefficient (Wildman–Crippen LogP) is 2.51. The minimum absolute atomic E-state index is 0.0300. The third-order valence-corrected chi connectivity index (χ3v) is 4.73. The van der Waals surface area contributed by atoms with Gasteiger partial charge in [0, 0.05) is 13.1 Å². The Hall–Kier alpha value is -3.07. The highest BCUT2D eigenvalue weighted by atomic mass is 32.2. The fraction of sp³-hybridized carbons (Fsp3) is 0.263. The zero-order valence-electron chi connectivity index (χ0n) is 15.3. The van der Waals surface area contributed by atoms with Crippen LogP contribution in [-0.2, 0) is 27.4 Å². The van der Waals surface area contributed by atoms with Crippen LogP contribution in [0.2, 0.25) is 0 Å². The number of carbonyl (C=O) groups is 2. The number of benzene rings is 1. The number of hydrogen-bond acceptors (Lipinski definition) is 7. The van der Waals surface area contributed by atoms with Crippen molar-refractivity contribution < 1.29 is 18.7 Å². The highest BCUT2D eigenvalue weighted by Gasteiger charge is 2.17. The lowest BCUT2D eigenvalue weighted by Crippen LogP contribution is -2.28. The molecule has 1 amide bonds. The third-order valence-electron chi connectivity index (χ3n) is 3.79. The quantitative estimate of drug-likeness (QED) is 0.435. The molecule has 0 aliphatic rings. The standard InChI is InChI=1S/C19H20N4O4S/c1-2-23-18(15-9-6-10-26-15)21-22-19(23)28-13-17(25)27-12-16(24)20-11-14-7-4-3-5-8-14/h3-10H,2,11-13H2,1H3,(H,20,24). The van der Waals surface area contributed by atoms with Gasteiger partial charge in [-0.2, -0.15) is 0 Å². The van der Waals surface area contributed by atoms with Crippen molar-refractivity contribution in [1.82, 2.24) is 20.1 Å². The van der Waals surface area contributed by atoms with Crippen LogP contribution in [0.4, 0.5) is 0 Å². The molecular weight excluding hydrogens is 380 g/mol. The van der Waals surface area contributed by atoms with E-state index in [4.69, 9.17) is 9.15 Å². The van der Waals surface area contributed by atoms with Gasteiger partial charge in [0.25, 0.3) is 5.91 Å². The summed E-state index contributed by atoms with van der Waals surface area (Å²) in [7, 11) is 0. The number of hydrogen-bond donors (Lipinski definition) is 1. The summed E-state index contributed by atoms with van der Waals surface area (Å²) in [6, 6.07) is 13.1. The lowest BCUT2D eigenvalue weighted by molar-refractivity contribution is -0.145. The van der Waals surface area contributed by atoms with Crippen LogP contribution in [0, 0.1) is 0 Å². The molecule has 0 aliphatic heterocycles. The van der Waals surface area contributed by atoms with Crippen molar-refractivity contribution in [2.45, 2.75) is 25.2 Å². The molecule has 1 aromatic carbocycles. The van der Waals surface area contributed by atoms with Gasteiger partial charge in [0.1, 0.15) is 0 Å². The number of rotatable bonds is 9. The van der Waals surface area contributed by atoms with E-state index in [1.807, 2.05) is 41.8 Å². The maximum absolute atomic E-state index is 11.9. The van der Waals surface area contributed by atoms with Gasteiger partial charge < -0.3 is 14.5 Å². The van der Waals surface area contributed by atoms with Crippen molar-refractivity contribution in [3.05, 3.63) is 54.3 Å². The highest BCUT2D eigenvalue weighted by Crippen LogP contribution is 2.24. The third kappa shape index (κ3) is 5.23. The van der Waals surface area contributed by atoms with Gasteiger partial charge in [-0.15, -0.1) is 10.2 Å². The molecule has 0 aliphatic carbocycles. The monoisotopic (exact) mass is 400 g/mol. The van der Waals surface area contributed by atoms with Crippen molar-refractivity contribution >= 4 is 23.6 Å². The Kier molecular flexibility index (Phi) is 6.85. The normalized spacial score (nSPS) is 10.6. The predicted molar refractivity (Wildman–Crippen MR) is 103 cm³/mol. The van der Waals surface area contributed by atoms with Gasteiger partial charge in [0.05, 0.1) is 12.0 Å². The van der Waals surface area contributed by atoms with Gasteiger partial charge in [-0.1, -0.05) is 42.1 Å². The van der Waals surface area contributed by atoms with Crippen LogP contribution in [-0.4, -0.2) is 39.0 Å². The van der Waals surface area contributed by atoms with E-state index < -0.39 is 5.97 Å². The first-order chi connectivity index (χ1) is 13.7. The average Bonchev–Trinajstić information content (AvgIpc) is 3.39. The molecule has 0 saturated heterocycles. The summed E-state index contributed by atoms with van der Waals surface area (Å²) in [6.07, 6.45) is 1.57. The van der Waals surface area contributed by atoms with Gasteiger partial charge >= 0.3 is 5.97 Å². The first-order valence-corrected chi connectivity index (χ1v) is 9.72. The smallest absolute Gasteiger partial charge is 0.316 e. The van der Waals surface area contributed by atoms with Crippen molar-refractivity contribution in [3.63, 3.8) is 0 Å². The summed E-state index contributed by atoms with van der Waals surface area (Å²) in [5.41, 5.74) is 0.976. The average molecular weight is 400 g/mol. The number of aromatic nitrogens is 3.